The molecule has 4 nitrogen and oxygen atoms in total. The maximum Gasteiger partial charge on any atom is 0.246 e. The van der Waals surface area contributed by atoms with Gasteiger partial charge in [0.2, 0.25) is 5.91 Å². The van der Waals surface area contributed by atoms with E-state index in [1.54, 1.807) is 6.07 Å². The van der Waals surface area contributed by atoms with Crippen LogP contribution in [0.3, 0.4) is 0 Å². The summed E-state index contributed by atoms with van der Waals surface area (Å²) in [7, 11) is 0. The summed E-state index contributed by atoms with van der Waals surface area (Å²) >= 11 is 0. The maximum atomic E-state index is 14.9. The first-order chi connectivity index (χ1) is 12.7. The number of halogens is 3. The summed E-state index contributed by atoms with van der Waals surface area (Å²) in [5, 5.41) is 6.07. The van der Waals surface area contributed by atoms with Crippen LogP contribution in [-0.4, -0.2) is 30.4 Å². The SMILES string of the molecule is CCN(CC)C(C(=O)Nc1ccc2c(c1F)CCNC2)c1ccccc1.Cl.Cl. The fourth-order valence-electron chi connectivity index (χ4n) is 3.58. The summed E-state index contributed by atoms with van der Waals surface area (Å²) in [4.78, 5) is 15.1. The Labute approximate surface area is 178 Å². The van der Waals surface area contributed by atoms with Gasteiger partial charge < -0.3 is 10.6 Å². The molecule has 1 heterocycles. The largest absolute Gasteiger partial charge is 0.322 e. The van der Waals surface area contributed by atoms with Crippen molar-refractivity contribution in [3.63, 3.8) is 0 Å². The minimum Gasteiger partial charge on any atom is -0.322 e. The molecule has 0 aromatic heterocycles. The van der Waals surface area contributed by atoms with E-state index in [9.17, 15) is 9.18 Å². The first kappa shape index (κ1) is 24.4. The van der Waals surface area contributed by atoms with Gasteiger partial charge in [-0.3, -0.25) is 9.69 Å². The van der Waals surface area contributed by atoms with Crippen molar-refractivity contribution in [2.45, 2.75) is 32.9 Å². The first-order valence-corrected chi connectivity index (χ1v) is 9.26. The minimum absolute atomic E-state index is 0. The molecule has 1 unspecified atom stereocenters. The molecule has 1 aliphatic rings. The second kappa shape index (κ2) is 11.4. The quantitative estimate of drug-likeness (QED) is 0.720. The predicted octanol–water partition coefficient (Wildman–Crippen LogP) is 4.34. The third-order valence-electron chi connectivity index (χ3n) is 5.01. The summed E-state index contributed by atoms with van der Waals surface area (Å²) in [5.74, 6) is -0.503. The second-order valence-electron chi connectivity index (χ2n) is 6.52. The zero-order valence-electron chi connectivity index (χ0n) is 16.2. The summed E-state index contributed by atoms with van der Waals surface area (Å²) < 4.78 is 14.9. The van der Waals surface area contributed by atoms with Crippen molar-refractivity contribution < 1.29 is 9.18 Å². The molecule has 0 spiro atoms. The van der Waals surface area contributed by atoms with E-state index in [1.807, 2.05) is 50.2 Å². The summed E-state index contributed by atoms with van der Waals surface area (Å²) in [6.45, 7) is 6.96. The molecule has 0 bridgehead atoms. The van der Waals surface area contributed by atoms with E-state index < -0.39 is 6.04 Å². The van der Waals surface area contributed by atoms with Crippen molar-refractivity contribution >= 4 is 36.4 Å². The zero-order chi connectivity index (χ0) is 18.5. The van der Waals surface area contributed by atoms with Gasteiger partial charge in [0.1, 0.15) is 11.9 Å². The molecule has 7 heteroatoms. The topological polar surface area (TPSA) is 44.4 Å². The number of anilines is 1. The van der Waals surface area contributed by atoms with Crippen LogP contribution in [0.4, 0.5) is 10.1 Å². The molecular formula is C21H28Cl2FN3O. The van der Waals surface area contributed by atoms with E-state index in [0.717, 1.165) is 30.8 Å². The van der Waals surface area contributed by atoms with Crippen LogP contribution in [0.15, 0.2) is 42.5 Å². The highest BCUT2D eigenvalue weighted by molar-refractivity contribution is 5.95. The normalized spacial score (nSPS) is 13.7. The second-order valence-corrected chi connectivity index (χ2v) is 6.52. The van der Waals surface area contributed by atoms with Gasteiger partial charge in [0.15, 0.2) is 0 Å². The van der Waals surface area contributed by atoms with Crippen LogP contribution >= 0.6 is 24.8 Å². The van der Waals surface area contributed by atoms with Crippen molar-refractivity contribution in [1.82, 2.24) is 10.2 Å². The van der Waals surface area contributed by atoms with E-state index in [2.05, 4.69) is 15.5 Å². The van der Waals surface area contributed by atoms with Gasteiger partial charge in [0.25, 0.3) is 0 Å². The standard InChI is InChI=1S/C21H26FN3O.2ClH/c1-3-25(4-2)20(15-8-6-5-7-9-15)21(26)24-18-11-10-16-14-23-13-12-17(16)19(18)22;;/h5-11,20,23H,3-4,12-14H2,1-2H3,(H,24,26);2*1H. The highest BCUT2D eigenvalue weighted by atomic mass is 35.5. The molecule has 0 radical (unpaired) electrons. The predicted molar refractivity (Wildman–Crippen MR) is 117 cm³/mol. The number of hydrogen-bond acceptors (Lipinski definition) is 3. The van der Waals surface area contributed by atoms with Crippen molar-refractivity contribution in [2.75, 3.05) is 25.0 Å². The average molecular weight is 428 g/mol. The highest BCUT2D eigenvalue weighted by Crippen LogP contribution is 2.27. The first-order valence-electron chi connectivity index (χ1n) is 9.26. The van der Waals surface area contributed by atoms with E-state index in [0.29, 0.717) is 18.5 Å². The van der Waals surface area contributed by atoms with Gasteiger partial charge in [-0.15, -0.1) is 24.8 Å². The molecule has 28 heavy (non-hydrogen) atoms. The average Bonchev–Trinajstić information content (AvgIpc) is 2.69. The Morgan fingerprint density at radius 1 is 1.14 bits per heavy atom. The molecule has 0 saturated heterocycles. The van der Waals surface area contributed by atoms with Crippen molar-refractivity contribution in [1.29, 1.82) is 0 Å². The number of nitrogens with one attached hydrogen (secondary N) is 2. The summed E-state index contributed by atoms with van der Waals surface area (Å²) in [5.41, 5.74) is 2.86. The van der Waals surface area contributed by atoms with E-state index in [-0.39, 0.29) is 42.2 Å². The molecule has 3 rings (SSSR count). The molecule has 1 amide bonds. The molecule has 2 N–H and O–H groups in total. The smallest absolute Gasteiger partial charge is 0.246 e. The van der Waals surface area contributed by atoms with Crippen molar-refractivity contribution in [3.8, 4) is 0 Å². The number of rotatable bonds is 6. The molecule has 2 aromatic carbocycles. The van der Waals surface area contributed by atoms with Crippen molar-refractivity contribution in [2.24, 2.45) is 0 Å². The fourth-order valence-corrected chi connectivity index (χ4v) is 3.58. The summed E-state index contributed by atoms with van der Waals surface area (Å²) in [6, 6.07) is 12.8. The van der Waals surface area contributed by atoms with Gasteiger partial charge >= 0.3 is 0 Å². The highest BCUT2D eigenvalue weighted by Gasteiger charge is 2.27. The zero-order valence-corrected chi connectivity index (χ0v) is 17.8. The van der Waals surface area contributed by atoms with Gasteiger partial charge in [-0.05, 0) is 48.8 Å². The van der Waals surface area contributed by atoms with E-state index >= 15 is 0 Å². The minimum atomic E-state index is -0.441. The number of amides is 1. The third kappa shape index (κ3) is 5.23. The van der Waals surface area contributed by atoms with Gasteiger partial charge in [-0.25, -0.2) is 4.39 Å². The number of fused-ring (bicyclic) bond motifs is 1. The van der Waals surface area contributed by atoms with Crippen LogP contribution in [0.2, 0.25) is 0 Å². The van der Waals surface area contributed by atoms with Crippen LogP contribution in [-0.2, 0) is 17.8 Å². The Bertz CT molecular complexity index is 770. The lowest BCUT2D eigenvalue weighted by Gasteiger charge is -2.29. The lowest BCUT2D eigenvalue weighted by Crippen LogP contribution is -2.37. The molecule has 1 aliphatic heterocycles. The fraction of sp³-hybridized carbons (Fsp3) is 0.381. The third-order valence-corrected chi connectivity index (χ3v) is 5.01. The van der Waals surface area contributed by atoms with Crippen LogP contribution in [0.1, 0.15) is 36.6 Å². The summed E-state index contributed by atoms with van der Waals surface area (Å²) in [6.07, 6.45) is 0.642. The van der Waals surface area contributed by atoms with Crippen molar-refractivity contribution in [3.05, 3.63) is 65.0 Å². The molecule has 0 saturated carbocycles. The maximum absolute atomic E-state index is 14.9. The Morgan fingerprint density at radius 3 is 2.46 bits per heavy atom. The molecule has 154 valence electrons. The number of carbonyl (C=O) groups is 1. The van der Waals surface area contributed by atoms with Crippen LogP contribution in [0.5, 0.6) is 0 Å². The number of hydrogen-bond donors (Lipinski definition) is 2. The van der Waals surface area contributed by atoms with Gasteiger partial charge in [0, 0.05) is 6.54 Å². The van der Waals surface area contributed by atoms with Crippen LogP contribution in [0, 0.1) is 5.82 Å². The number of carbonyl (C=O) groups excluding carboxylic acids is 1. The Kier molecular flexibility index (Phi) is 9.90. The molecule has 0 fully saturated rings. The monoisotopic (exact) mass is 427 g/mol. The number of nitrogens with zero attached hydrogens (tertiary/aromatic N) is 1. The van der Waals surface area contributed by atoms with Crippen LogP contribution < -0.4 is 10.6 Å². The lowest BCUT2D eigenvalue weighted by molar-refractivity contribution is -0.121. The number of benzene rings is 2. The van der Waals surface area contributed by atoms with Gasteiger partial charge in [-0.2, -0.15) is 0 Å². The Hall–Kier alpha value is -1.66. The lowest BCUT2D eigenvalue weighted by atomic mass is 9.99. The molecule has 0 aliphatic carbocycles. The van der Waals surface area contributed by atoms with E-state index in [4.69, 9.17) is 0 Å². The molecule has 1 atom stereocenters. The van der Waals surface area contributed by atoms with Gasteiger partial charge in [0.05, 0.1) is 5.69 Å². The molecular weight excluding hydrogens is 400 g/mol. The Morgan fingerprint density at radius 2 is 1.82 bits per heavy atom. The Balaban J connectivity index is 0.00000196. The molecule has 2 aromatic rings. The van der Waals surface area contributed by atoms with E-state index in [1.165, 1.54) is 0 Å². The van der Waals surface area contributed by atoms with Crippen LogP contribution in [0.25, 0.3) is 0 Å². The number of likely N-dealkylation sites (N-methyl/N-ethyl adjacent to an activating group) is 1. The van der Waals surface area contributed by atoms with Gasteiger partial charge in [-0.1, -0.05) is 50.2 Å².